The van der Waals surface area contributed by atoms with E-state index in [9.17, 15) is 14.4 Å². The van der Waals surface area contributed by atoms with Gasteiger partial charge in [0, 0.05) is 39.2 Å². The Hall–Kier alpha value is -2.81. The number of ether oxygens (including phenoxy) is 4. The van der Waals surface area contributed by atoms with Gasteiger partial charge in [0.05, 0.1) is 25.4 Å². The molecule has 1 spiro atoms. The first-order valence-corrected chi connectivity index (χ1v) is 11.1. The maximum Gasteiger partial charge on any atom is 0.314 e. The lowest BCUT2D eigenvalue weighted by molar-refractivity contribution is -0.157. The molecule has 0 aromatic heterocycles. The van der Waals surface area contributed by atoms with Gasteiger partial charge in [0.25, 0.3) is 11.8 Å². The zero-order chi connectivity index (χ0) is 22.9. The Morgan fingerprint density at radius 2 is 1.84 bits per heavy atom. The van der Waals surface area contributed by atoms with Gasteiger partial charge in [-0.1, -0.05) is 0 Å². The lowest BCUT2D eigenvalue weighted by Gasteiger charge is -2.45. The van der Waals surface area contributed by atoms with E-state index in [-0.39, 0.29) is 18.4 Å². The summed E-state index contributed by atoms with van der Waals surface area (Å²) in [6.45, 7) is 3.93. The molecule has 2 amide bonds. The molecule has 1 aromatic rings. The minimum atomic E-state index is -0.872. The van der Waals surface area contributed by atoms with Crippen LogP contribution in [0.15, 0.2) is 18.2 Å². The molecule has 0 aliphatic carbocycles. The topological polar surface area (TPSA) is 94.6 Å². The van der Waals surface area contributed by atoms with Gasteiger partial charge in [0.1, 0.15) is 5.92 Å². The molecule has 2 atom stereocenters. The van der Waals surface area contributed by atoms with Gasteiger partial charge in [0.15, 0.2) is 17.6 Å². The highest BCUT2D eigenvalue weighted by Gasteiger charge is 2.62. The van der Waals surface area contributed by atoms with Gasteiger partial charge >= 0.3 is 5.97 Å². The highest BCUT2D eigenvalue weighted by molar-refractivity contribution is 5.96. The molecule has 9 heteroatoms. The van der Waals surface area contributed by atoms with E-state index in [1.165, 1.54) is 7.11 Å². The maximum absolute atomic E-state index is 13.2. The van der Waals surface area contributed by atoms with Crippen molar-refractivity contribution in [1.82, 2.24) is 9.80 Å². The predicted octanol–water partition coefficient (Wildman–Crippen LogP) is 1.49. The molecule has 0 N–H and O–H groups in total. The quantitative estimate of drug-likeness (QED) is 0.647. The van der Waals surface area contributed by atoms with E-state index >= 15 is 0 Å². The van der Waals surface area contributed by atoms with Gasteiger partial charge < -0.3 is 28.7 Å². The molecule has 3 aliphatic heterocycles. The van der Waals surface area contributed by atoms with Crippen molar-refractivity contribution in [3.8, 4) is 11.5 Å². The summed E-state index contributed by atoms with van der Waals surface area (Å²) >= 11 is 0. The summed E-state index contributed by atoms with van der Waals surface area (Å²) in [7, 11) is 3.14. The number of fused-ring (bicyclic) bond motifs is 1. The minimum Gasteiger partial charge on any atom is -0.490 e. The zero-order valence-corrected chi connectivity index (χ0v) is 18.8. The standard InChI is InChI=1S/C23H30N2O7/c1-4-30-22(28)18-19(29-3)21(27)24(2)23(18)8-10-25(11-9-23)20(26)15-6-7-16-17(14-15)32-13-5-12-31-16/h6-7,14,18-19H,4-5,8-13H2,1-3H3/t18-,19+/m0/s1. The van der Waals surface area contributed by atoms with Crippen molar-refractivity contribution >= 4 is 17.8 Å². The van der Waals surface area contributed by atoms with Gasteiger partial charge in [-0.3, -0.25) is 14.4 Å². The SMILES string of the molecule is CCOC(=O)[C@@H]1[C@@H](OC)C(=O)N(C)C12CCN(C(=O)c1ccc3c(c1)OCCCO3)CC2. The summed E-state index contributed by atoms with van der Waals surface area (Å²) < 4.78 is 22.1. The number of piperidine rings is 1. The van der Waals surface area contributed by atoms with Crippen LogP contribution in [0.3, 0.4) is 0 Å². The highest BCUT2D eigenvalue weighted by Crippen LogP contribution is 2.44. The number of likely N-dealkylation sites (N-methyl/N-ethyl adjacent to an activating group) is 1. The van der Waals surface area contributed by atoms with E-state index in [0.717, 1.165) is 6.42 Å². The molecular weight excluding hydrogens is 416 g/mol. The fourth-order valence-electron chi connectivity index (χ4n) is 5.08. The van der Waals surface area contributed by atoms with E-state index in [0.29, 0.717) is 56.2 Å². The van der Waals surface area contributed by atoms with Gasteiger partial charge in [-0.05, 0) is 38.0 Å². The number of carbonyl (C=O) groups excluding carboxylic acids is 3. The van der Waals surface area contributed by atoms with Crippen LogP contribution in [0.1, 0.15) is 36.5 Å². The largest absolute Gasteiger partial charge is 0.490 e. The van der Waals surface area contributed by atoms with Gasteiger partial charge in [0.2, 0.25) is 0 Å². The van der Waals surface area contributed by atoms with Crippen LogP contribution >= 0.6 is 0 Å². The molecule has 32 heavy (non-hydrogen) atoms. The molecule has 1 aromatic carbocycles. The van der Waals surface area contributed by atoms with Crippen molar-refractivity contribution in [2.45, 2.75) is 37.8 Å². The number of likely N-dealkylation sites (tertiary alicyclic amines) is 2. The Kier molecular flexibility index (Phi) is 6.28. The third-order valence-corrected chi connectivity index (χ3v) is 6.83. The third-order valence-electron chi connectivity index (χ3n) is 6.83. The van der Waals surface area contributed by atoms with Gasteiger partial charge in [-0.25, -0.2) is 0 Å². The van der Waals surface area contributed by atoms with Crippen LogP contribution < -0.4 is 9.47 Å². The monoisotopic (exact) mass is 446 g/mol. The summed E-state index contributed by atoms with van der Waals surface area (Å²) in [5.74, 6) is -0.273. The summed E-state index contributed by atoms with van der Waals surface area (Å²) in [6, 6.07) is 5.23. The number of amides is 2. The summed E-state index contributed by atoms with van der Waals surface area (Å²) in [5, 5.41) is 0. The lowest BCUT2D eigenvalue weighted by atomic mass is 9.76. The van der Waals surface area contributed by atoms with E-state index < -0.39 is 23.5 Å². The lowest BCUT2D eigenvalue weighted by Crippen LogP contribution is -2.57. The smallest absolute Gasteiger partial charge is 0.314 e. The number of methoxy groups -OCH3 is 1. The van der Waals surface area contributed by atoms with E-state index in [1.807, 2.05) is 0 Å². The Morgan fingerprint density at radius 3 is 2.50 bits per heavy atom. The fourth-order valence-corrected chi connectivity index (χ4v) is 5.08. The second-order valence-electron chi connectivity index (χ2n) is 8.39. The van der Waals surface area contributed by atoms with Crippen LogP contribution in [-0.4, -0.2) is 86.3 Å². The number of carbonyl (C=O) groups is 3. The Morgan fingerprint density at radius 1 is 1.16 bits per heavy atom. The molecule has 0 radical (unpaired) electrons. The number of nitrogens with zero attached hydrogens (tertiary/aromatic N) is 2. The van der Waals surface area contributed by atoms with Gasteiger partial charge in [-0.15, -0.1) is 0 Å². The number of esters is 1. The van der Waals surface area contributed by atoms with Crippen molar-refractivity contribution in [2.75, 3.05) is 47.1 Å². The first kappa shape index (κ1) is 22.4. The number of hydrogen-bond acceptors (Lipinski definition) is 7. The molecule has 174 valence electrons. The first-order chi connectivity index (χ1) is 15.4. The average Bonchev–Trinajstić information content (AvgIpc) is 2.96. The van der Waals surface area contributed by atoms with Crippen LogP contribution in [0.4, 0.5) is 0 Å². The molecule has 9 nitrogen and oxygen atoms in total. The Balaban J connectivity index is 1.52. The van der Waals surface area contributed by atoms with Crippen molar-refractivity contribution in [3.05, 3.63) is 23.8 Å². The molecule has 2 fully saturated rings. The Labute approximate surface area is 187 Å². The molecule has 0 saturated carbocycles. The predicted molar refractivity (Wildman–Crippen MR) is 114 cm³/mol. The van der Waals surface area contributed by atoms with Crippen LogP contribution in [-0.2, 0) is 19.1 Å². The Bertz CT molecular complexity index is 894. The first-order valence-electron chi connectivity index (χ1n) is 11.1. The molecule has 3 heterocycles. The second kappa shape index (κ2) is 8.97. The van der Waals surface area contributed by atoms with Crippen LogP contribution in [0, 0.1) is 5.92 Å². The second-order valence-corrected chi connectivity index (χ2v) is 8.39. The molecule has 0 unspecified atom stereocenters. The fraction of sp³-hybridized carbons (Fsp3) is 0.609. The molecular formula is C23H30N2O7. The van der Waals surface area contributed by atoms with Crippen molar-refractivity contribution < 1.29 is 33.3 Å². The zero-order valence-electron chi connectivity index (χ0n) is 18.8. The summed E-state index contributed by atoms with van der Waals surface area (Å²) in [5.41, 5.74) is -0.205. The third kappa shape index (κ3) is 3.68. The number of hydrogen-bond donors (Lipinski definition) is 0. The highest BCUT2D eigenvalue weighted by atomic mass is 16.5. The maximum atomic E-state index is 13.2. The van der Waals surface area contributed by atoms with E-state index in [1.54, 1.807) is 42.0 Å². The summed E-state index contributed by atoms with van der Waals surface area (Å²) in [6.07, 6.45) is 0.856. The van der Waals surface area contributed by atoms with Crippen LogP contribution in [0.2, 0.25) is 0 Å². The molecule has 2 saturated heterocycles. The van der Waals surface area contributed by atoms with Crippen molar-refractivity contribution in [1.29, 1.82) is 0 Å². The van der Waals surface area contributed by atoms with E-state index in [4.69, 9.17) is 18.9 Å². The number of benzene rings is 1. The van der Waals surface area contributed by atoms with Crippen molar-refractivity contribution in [2.24, 2.45) is 5.92 Å². The summed E-state index contributed by atoms with van der Waals surface area (Å²) in [4.78, 5) is 42.2. The van der Waals surface area contributed by atoms with Crippen LogP contribution in [0.25, 0.3) is 0 Å². The average molecular weight is 447 g/mol. The number of rotatable bonds is 4. The molecule has 4 rings (SSSR count). The normalized spacial score (nSPS) is 24.4. The van der Waals surface area contributed by atoms with Gasteiger partial charge in [-0.2, -0.15) is 0 Å². The minimum absolute atomic E-state index is 0.113. The van der Waals surface area contributed by atoms with E-state index in [2.05, 4.69) is 0 Å². The molecule has 0 bridgehead atoms. The van der Waals surface area contributed by atoms with Crippen molar-refractivity contribution in [3.63, 3.8) is 0 Å². The van der Waals surface area contributed by atoms with Crippen LogP contribution in [0.5, 0.6) is 11.5 Å². The molecule has 3 aliphatic rings.